The molecule has 122 valence electrons. The molecule has 1 fully saturated rings. The molecule has 1 saturated heterocycles. The van der Waals surface area contributed by atoms with Crippen molar-refractivity contribution in [2.45, 2.75) is 32.1 Å². The van der Waals surface area contributed by atoms with Crippen molar-refractivity contribution < 1.29 is 4.79 Å². The minimum atomic E-state index is 0.114. The number of carbonyl (C=O) groups is 1. The van der Waals surface area contributed by atoms with Gasteiger partial charge in [0.15, 0.2) is 0 Å². The Morgan fingerprint density at radius 2 is 2.13 bits per heavy atom. The Balaban J connectivity index is 2.12. The van der Waals surface area contributed by atoms with Crippen LogP contribution in [-0.2, 0) is 4.79 Å². The van der Waals surface area contributed by atoms with Crippen LogP contribution >= 0.6 is 0 Å². The molecule has 0 atom stereocenters. The van der Waals surface area contributed by atoms with E-state index in [0.29, 0.717) is 17.0 Å². The lowest BCUT2D eigenvalue weighted by molar-refractivity contribution is -0.130. The average molecular weight is 313 g/mol. The monoisotopic (exact) mass is 313 g/mol. The predicted molar refractivity (Wildman–Crippen MR) is 88.5 cm³/mol. The molecule has 0 saturated carbocycles. The summed E-state index contributed by atoms with van der Waals surface area (Å²) in [5.41, 5.74) is 1.75. The summed E-state index contributed by atoms with van der Waals surface area (Å²) in [7, 11) is 1.70. The number of amides is 1. The molecule has 0 spiro atoms. The molecule has 1 aliphatic heterocycles. The van der Waals surface area contributed by atoms with Crippen molar-refractivity contribution in [3.63, 3.8) is 0 Å². The molecule has 6 heteroatoms. The summed E-state index contributed by atoms with van der Waals surface area (Å²) >= 11 is 0. The topological polar surface area (TPSA) is 86.2 Å². The Hall–Kier alpha value is -2.39. The third-order valence-corrected chi connectivity index (χ3v) is 3.96. The van der Waals surface area contributed by atoms with Crippen LogP contribution in [0.1, 0.15) is 43.4 Å². The number of likely N-dealkylation sites (tertiary alicyclic amines) is 1. The van der Waals surface area contributed by atoms with Gasteiger partial charge < -0.3 is 9.91 Å². The SMILES string of the molecule is CN(N)/C(=C\CC(=O)N1CCCCCC1)c1cc(C#N)ccn1. The van der Waals surface area contributed by atoms with Gasteiger partial charge in [-0.2, -0.15) is 5.26 Å². The molecule has 1 aliphatic rings. The van der Waals surface area contributed by atoms with E-state index in [9.17, 15) is 4.79 Å². The average Bonchev–Trinajstić information content (AvgIpc) is 2.84. The van der Waals surface area contributed by atoms with E-state index in [-0.39, 0.29) is 12.3 Å². The summed E-state index contributed by atoms with van der Waals surface area (Å²) in [5, 5.41) is 10.4. The highest BCUT2D eigenvalue weighted by Crippen LogP contribution is 2.16. The lowest BCUT2D eigenvalue weighted by atomic mass is 10.1. The maximum absolute atomic E-state index is 12.4. The molecule has 0 bridgehead atoms. The van der Waals surface area contributed by atoms with E-state index in [1.807, 2.05) is 4.90 Å². The Morgan fingerprint density at radius 3 is 2.74 bits per heavy atom. The van der Waals surface area contributed by atoms with Gasteiger partial charge in [-0.25, -0.2) is 5.84 Å². The molecule has 1 aromatic heterocycles. The molecular formula is C17H23N5O. The van der Waals surface area contributed by atoms with Crippen LogP contribution in [-0.4, -0.2) is 40.9 Å². The van der Waals surface area contributed by atoms with Crippen LogP contribution in [0.15, 0.2) is 24.4 Å². The number of rotatable bonds is 4. The lowest BCUT2D eigenvalue weighted by Crippen LogP contribution is -2.31. The van der Waals surface area contributed by atoms with E-state index in [4.69, 9.17) is 11.1 Å². The molecule has 2 rings (SSSR count). The van der Waals surface area contributed by atoms with E-state index >= 15 is 0 Å². The van der Waals surface area contributed by atoms with Gasteiger partial charge in [0.05, 0.1) is 23.0 Å². The summed E-state index contributed by atoms with van der Waals surface area (Å²) in [5.74, 6) is 5.98. The van der Waals surface area contributed by atoms with Crippen molar-refractivity contribution in [2.75, 3.05) is 20.1 Å². The van der Waals surface area contributed by atoms with Gasteiger partial charge in [-0.1, -0.05) is 12.8 Å². The first kappa shape index (κ1) is 17.0. The van der Waals surface area contributed by atoms with Crippen LogP contribution in [0, 0.1) is 11.3 Å². The summed E-state index contributed by atoms with van der Waals surface area (Å²) in [6.45, 7) is 1.67. The summed E-state index contributed by atoms with van der Waals surface area (Å²) in [4.78, 5) is 18.6. The fraction of sp³-hybridized carbons (Fsp3) is 0.471. The number of pyridine rings is 1. The molecule has 1 amide bonds. The van der Waals surface area contributed by atoms with Crippen LogP contribution in [0.3, 0.4) is 0 Å². The number of hydrazine groups is 1. The quantitative estimate of drug-likeness (QED) is 0.677. The number of nitrogens with zero attached hydrogens (tertiary/aromatic N) is 4. The van der Waals surface area contributed by atoms with Gasteiger partial charge in [-0.05, 0) is 31.1 Å². The Kier molecular flexibility index (Phi) is 6.12. The maximum atomic E-state index is 12.4. The number of carbonyl (C=O) groups excluding carboxylic acids is 1. The van der Waals surface area contributed by atoms with Gasteiger partial charge in [-0.15, -0.1) is 0 Å². The summed E-state index contributed by atoms with van der Waals surface area (Å²) in [6.07, 6.45) is 8.19. The predicted octanol–water partition coefficient (Wildman–Crippen LogP) is 1.89. The van der Waals surface area contributed by atoms with Crippen molar-refractivity contribution in [1.82, 2.24) is 14.9 Å². The third-order valence-electron chi connectivity index (χ3n) is 3.96. The number of aromatic nitrogens is 1. The number of hydrogen-bond acceptors (Lipinski definition) is 5. The van der Waals surface area contributed by atoms with Gasteiger partial charge in [0.25, 0.3) is 0 Å². The molecule has 0 unspecified atom stereocenters. The first-order valence-electron chi connectivity index (χ1n) is 7.94. The third kappa shape index (κ3) is 4.80. The van der Waals surface area contributed by atoms with E-state index in [0.717, 1.165) is 25.9 Å². The van der Waals surface area contributed by atoms with Gasteiger partial charge in [-0.3, -0.25) is 9.78 Å². The number of nitriles is 1. The van der Waals surface area contributed by atoms with Gasteiger partial charge >= 0.3 is 0 Å². The van der Waals surface area contributed by atoms with Crippen LogP contribution in [0.4, 0.5) is 0 Å². The molecule has 1 aromatic rings. The van der Waals surface area contributed by atoms with Crippen LogP contribution in [0.25, 0.3) is 5.70 Å². The van der Waals surface area contributed by atoms with Crippen LogP contribution < -0.4 is 5.84 Å². The molecule has 23 heavy (non-hydrogen) atoms. The first-order valence-corrected chi connectivity index (χ1v) is 7.94. The zero-order valence-corrected chi connectivity index (χ0v) is 13.5. The second-order valence-electron chi connectivity index (χ2n) is 5.74. The second-order valence-corrected chi connectivity index (χ2v) is 5.74. The van der Waals surface area contributed by atoms with Crippen molar-refractivity contribution in [3.8, 4) is 6.07 Å². The highest BCUT2D eigenvalue weighted by molar-refractivity contribution is 5.79. The second kappa shape index (κ2) is 8.30. The van der Waals surface area contributed by atoms with Crippen molar-refractivity contribution >= 4 is 11.6 Å². The largest absolute Gasteiger partial charge is 0.342 e. The van der Waals surface area contributed by atoms with Crippen molar-refractivity contribution in [3.05, 3.63) is 35.7 Å². The Morgan fingerprint density at radius 1 is 1.43 bits per heavy atom. The normalized spacial score (nSPS) is 15.7. The molecule has 0 aromatic carbocycles. The maximum Gasteiger partial charge on any atom is 0.226 e. The fourth-order valence-corrected chi connectivity index (χ4v) is 2.70. The highest BCUT2D eigenvalue weighted by Gasteiger charge is 2.15. The standard InChI is InChI=1S/C17H23N5O/c1-21(19)16(15-12-14(13-18)8-9-20-15)6-7-17(23)22-10-4-2-3-5-11-22/h6,8-9,12H,2-5,7,10-11,19H2,1H3/b16-6-. The summed E-state index contributed by atoms with van der Waals surface area (Å²) in [6, 6.07) is 5.39. The Labute approximate surface area is 137 Å². The van der Waals surface area contributed by atoms with E-state index in [2.05, 4.69) is 11.1 Å². The minimum absolute atomic E-state index is 0.114. The molecule has 0 aliphatic carbocycles. The van der Waals surface area contributed by atoms with E-state index < -0.39 is 0 Å². The molecular weight excluding hydrogens is 290 g/mol. The smallest absolute Gasteiger partial charge is 0.226 e. The zero-order valence-electron chi connectivity index (χ0n) is 13.5. The highest BCUT2D eigenvalue weighted by atomic mass is 16.2. The fourth-order valence-electron chi connectivity index (χ4n) is 2.70. The van der Waals surface area contributed by atoms with E-state index in [1.165, 1.54) is 17.9 Å². The number of hydrogen-bond donors (Lipinski definition) is 1. The molecule has 2 heterocycles. The minimum Gasteiger partial charge on any atom is -0.342 e. The lowest BCUT2D eigenvalue weighted by Gasteiger charge is -2.21. The molecule has 0 radical (unpaired) electrons. The number of nitrogens with two attached hydrogens (primary N) is 1. The molecule has 2 N–H and O–H groups in total. The Bertz CT molecular complexity index is 610. The van der Waals surface area contributed by atoms with Gasteiger partial charge in [0, 0.05) is 32.8 Å². The van der Waals surface area contributed by atoms with Crippen molar-refractivity contribution in [2.24, 2.45) is 5.84 Å². The van der Waals surface area contributed by atoms with Gasteiger partial charge in [0.2, 0.25) is 5.91 Å². The first-order chi connectivity index (χ1) is 11.1. The van der Waals surface area contributed by atoms with Crippen LogP contribution in [0.5, 0.6) is 0 Å². The summed E-state index contributed by atoms with van der Waals surface area (Å²) < 4.78 is 0. The van der Waals surface area contributed by atoms with Crippen molar-refractivity contribution in [1.29, 1.82) is 5.26 Å². The zero-order chi connectivity index (χ0) is 16.7. The van der Waals surface area contributed by atoms with E-state index in [1.54, 1.807) is 31.5 Å². The molecule has 6 nitrogen and oxygen atoms in total. The van der Waals surface area contributed by atoms with Crippen LogP contribution in [0.2, 0.25) is 0 Å². The van der Waals surface area contributed by atoms with Gasteiger partial charge in [0.1, 0.15) is 0 Å².